The van der Waals surface area contributed by atoms with E-state index in [1.807, 2.05) is 13.8 Å². The van der Waals surface area contributed by atoms with Crippen LogP contribution in [0.2, 0.25) is 0 Å². The maximum Gasteiger partial charge on any atom is 0.317 e. The molecule has 2 N–H and O–H groups in total. The second kappa shape index (κ2) is 11.3. The summed E-state index contributed by atoms with van der Waals surface area (Å²) in [4.78, 5) is 24.7. The predicted octanol–water partition coefficient (Wildman–Crippen LogP) is 1.32. The Kier molecular flexibility index (Phi) is 10.6. The van der Waals surface area contributed by atoms with E-state index in [2.05, 4.69) is 5.32 Å². The highest BCUT2D eigenvalue weighted by Crippen LogP contribution is 2.09. The van der Waals surface area contributed by atoms with Crippen molar-refractivity contribution in [3.8, 4) is 0 Å². The maximum atomic E-state index is 12.3. The summed E-state index contributed by atoms with van der Waals surface area (Å²) in [5.41, 5.74) is 0. The first-order valence-corrected chi connectivity index (χ1v) is 7.28. The molecule has 1 unspecified atom stereocenters. The Hall–Kier alpha value is -1.34. The van der Waals surface area contributed by atoms with Gasteiger partial charge < -0.3 is 24.8 Å². The third kappa shape index (κ3) is 7.87. The highest BCUT2D eigenvalue weighted by Gasteiger charge is 2.22. The smallest absolute Gasteiger partial charge is 0.317 e. The lowest BCUT2D eigenvalue weighted by Crippen LogP contribution is -2.49. The fraction of sp³-hybridized carbons (Fsp3) is 0.857. The van der Waals surface area contributed by atoms with Crippen molar-refractivity contribution < 1.29 is 24.2 Å². The number of carboxylic acid groups (broad SMARTS) is 1. The van der Waals surface area contributed by atoms with E-state index in [-0.39, 0.29) is 25.0 Å². The first-order valence-electron chi connectivity index (χ1n) is 7.28. The molecule has 0 aromatic heterocycles. The van der Waals surface area contributed by atoms with E-state index in [4.69, 9.17) is 14.6 Å². The first kappa shape index (κ1) is 19.7. The molecule has 0 heterocycles. The van der Waals surface area contributed by atoms with Gasteiger partial charge in [-0.15, -0.1) is 0 Å². The molecule has 0 aromatic carbocycles. The minimum absolute atomic E-state index is 0.139. The van der Waals surface area contributed by atoms with Crippen LogP contribution in [-0.2, 0) is 14.3 Å². The summed E-state index contributed by atoms with van der Waals surface area (Å²) in [6, 6.07) is -0.0752. The Balaban J connectivity index is 4.54. The van der Waals surface area contributed by atoms with Crippen molar-refractivity contribution in [2.45, 2.75) is 45.3 Å². The second-order valence-electron chi connectivity index (χ2n) is 4.80. The van der Waals surface area contributed by atoms with Gasteiger partial charge in [0, 0.05) is 33.4 Å². The molecule has 21 heavy (non-hydrogen) atoms. The van der Waals surface area contributed by atoms with Crippen LogP contribution in [0.1, 0.15) is 33.1 Å². The number of nitrogens with zero attached hydrogens (tertiary/aromatic N) is 1. The molecule has 0 rings (SSSR count). The van der Waals surface area contributed by atoms with Crippen molar-refractivity contribution in [3.63, 3.8) is 0 Å². The number of hydrogen-bond donors (Lipinski definition) is 2. The van der Waals surface area contributed by atoms with Gasteiger partial charge in [-0.2, -0.15) is 0 Å². The third-order valence-corrected chi connectivity index (χ3v) is 3.40. The lowest BCUT2D eigenvalue weighted by Gasteiger charge is -2.31. The Morgan fingerprint density at radius 3 is 2.29 bits per heavy atom. The monoisotopic (exact) mass is 304 g/mol. The summed E-state index contributed by atoms with van der Waals surface area (Å²) in [5, 5.41) is 11.5. The van der Waals surface area contributed by atoms with E-state index >= 15 is 0 Å². The van der Waals surface area contributed by atoms with Gasteiger partial charge in [0.05, 0.1) is 19.1 Å². The molecule has 0 saturated heterocycles. The molecule has 2 amide bonds. The Labute approximate surface area is 126 Å². The average Bonchev–Trinajstić information content (AvgIpc) is 2.47. The molecule has 0 aliphatic carbocycles. The molecule has 7 heteroatoms. The molecule has 0 fully saturated rings. The van der Waals surface area contributed by atoms with Gasteiger partial charge in [-0.3, -0.25) is 4.79 Å². The summed E-state index contributed by atoms with van der Waals surface area (Å²) >= 11 is 0. The number of urea groups is 1. The largest absolute Gasteiger partial charge is 0.481 e. The number of carbonyl (C=O) groups is 2. The summed E-state index contributed by atoms with van der Waals surface area (Å²) in [6.45, 7) is 5.20. The molecule has 0 aromatic rings. The van der Waals surface area contributed by atoms with E-state index in [0.717, 1.165) is 12.8 Å². The molecular weight excluding hydrogens is 276 g/mol. The van der Waals surface area contributed by atoms with Crippen LogP contribution in [0.5, 0.6) is 0 Å². The quantitative estimate of drug-likeness (QED) is 0.601. The number of carboxylic acids is 1. The zero-order chi connectivity index (χ0) is 16.3. The Bertz CT molecular complexity index is 308. The SMILES string of the molecule is CCC(CC)N(CCOC)C(=O)NCC(CC(=O)O)OC. The van der Waals surface area contributed by atoms with Gasteiger partial charge in [0.25, 0.3) is 0 Å². The van der Waals surface area contributed by atoms with E-state index in [1.165, 1.54) is 7.11 Å². The standard InChI is InChI=1S/C14H28N2O5/c1-5-11(6-2)16(7-8-20-3)14(19)15-10-12(21-4)9-13(17)18/h11-12H,5-10H2,1-4H3,(H,15,19)(H,17,18). The molecule has 1 atom stereocenters. The fourth-order valence-corrected chi connectivity index (χ4v) is 2.11. The van der Waals surface area contributed by atoms with Gasteiger partial charge in [-0.05, 0) is 12.8 Å². The van der Waals surface area contributed by atoms with Crippen LogP contribution in [0.4, 0.5) is 4.79 Å². The molecule has 0 aliphatic heterocycles. The van der Waals surface area contributed by atoms with Gasteiger partial charge >= 0.3 is 12.0 Å². The van der Waals surface area contributed by atoms with Crippen LogP contribution >= 0.6 is 0 Å². The van der Waals surface area contributed by atoms with Crippen LogP contribution in [0, 0.1) is 0 Å². The van der Waals surface area contributed by atoms with Crippen molar-refractivity contribution in [3.05, 3.63) is 0 Å². The van der Waals surface area contributed by atoms with Gasteiger partial charge in [0.2, 0.25) is 0 Å². The molecule has 124 valence electrons. The van der Waals surface area contributed by atoms with Crippen LogP contribution in [-0.4, -0.2) is 68.1 Å². The number of aliphatic carboxylic acids is 1. The zero-order valence-corrected chi connectivity index (χ0v) is 13.4. The lowest BCUT2D eigenvalue weighted by molar-refractivity contribution is -0.139. The predicted molar refractivity (Wildman–Crippen MR) is 79.4 cm³/mol. The lowest BCUT2D eigenvalue weighted by atomic mass is 10.1. The molecule has 0 aliphatic rings. The highest BCUT2D eigenvalue weighted by atomic mass is 16.5. The van der Waals surface area contributed by atoms with Crippen molar-refractivity contribution in [2.24, 2.45) is 0 Å². The number of nitrogens with one attached hydrogen (secondary N) is 1. The van der Waals surface area contributed by atoms with Crippen LogP contribution in [0.3, 0.4) is 0 Å². The van der Waals surface area contributed by atoms with Gasteiger partial charge in [-0.25, -0.2) is 4.79 Å². The number of methoxy groups -OCH3 is 2. The van der Waals surface area contributed by atoms with Crippen molar-refractivity contribution in [2.75, 3.05) is 33.9 Å². The Morgan fingerprint density at radius 1 is 1.24 bits per heavy atom. The first-order chi connectivity index (χ1) is 9.99. The molecule has 0 saturated carbocycles. The number of rotatable bonds is 11. The zero-order valence-electron chi connectivity index (χ0n) is 13.4. The maximum absolute atomic E-state index is 12.3. The van der Waals surface area contributed by atoms with Crippen molar-refractivity contribution in [1.82, 2.24) is 10.2 Å². The number of ether oxygens (including phenoxy) is 2. The number of carbonyl (C=O) groups excluding carboxylic acids is 1. The van der Waals surface area contributed by atoms with Crippen LogP contribution in [0.25, 0.3) is 0 Å². The van der Waals surface area contributed by atoms with Crippen LogP contribution < -0.4 is 5.32 Å². The van der Waals surface area contributed by atoms with E-state index in [9.17, 15) is 9.59 Å². The fourth-order valence-electron chi connectivity index (χ4n) is 2.11. The minimum atomic E-state index is -0.952. The van der Waals surface area contributed by atoms with E-state index < -0.39 is 12.1 Å². The van der Waals surface area contributed by atoms with Gasteiger partial charge in [0.1, 0.15) is 0 Å². The van der Waals surface area contributed by atoms with Crippen LogP contribution in [0.15, 0.2) is 0 Å². The summed E-state index contributed by atoms with van der Waals surface area (Å²) < 4.78 is 10.1. The Morgan fingerprint density at radius 2 is 1.86 bits per heavy atom. The third-order valence-electron chi connectivity index (χ3n) is 3.40. The highest BCUT2D eigenvalue weighted by molar-refractivity contribution is 5.74. The summed E-state index contributed by atoms with van der Waals surface area (Å²) in [5.74, 6) is -0.952. The molecule has 0 spiro atoms. The van der Waals surface area contributed by atoms with Crippen molar-refractivity contribution in [1.29, 1.82) is 0 Å². The molecule has 0 radical (unpaired) electrons. The minimum Gasteiger partial charge on any atom is -0.481 e. The number of amides is 2. The normalized spacial score (nSPS) is 12.2. The molecule has 7 nitrogen and oxygen atoms in total. The van der Waals surface area contributed by atoms with E-state index in [0.29, 0.717) is 13.2 Å². The molecular formula is C14H28N2O5. The van der Waals surface area contributed by atoms with Crippen molar-refractivity contribution >= 4 is 12.0 Å². The number of hydrogen-bond acceptors (Lipinski definition) is 4. The second-order valence-corrected chi connectivity index (χ2v) is 4.80. The molecule has 0 bridgehead atoms. The van der Waals surface area contributed by atoms with E-state index in [1.54, 1.807) is 12.0 Å². The summed E-state index contributed by atoms with van der Waals surface area (Å²) in [7, 11) is 3.03. The van der Waals surface area contributed by atoms with Gasteiger partial charge in [-0.1, -0.05) is 13.8 Å². The van der Waals surface area contributed by atoms with Gasteiger partial charge in [0.15, 0.2) is 0 Å². The topological polar surface area (TPSA) is 88.1 Å². The average molecular weight is 304 g/mol. The summed E-state index contributed by atoms with van der Waals surface area (Å²) in [6.07, 6.45) is 1.05.